The summed E-state index contributed by atoms with van der Waals surface area (Å²) in [6.07, 6.45) is 5.00. The molecule has 0 spiro atoms. The Balaban J connectivity index is 1.36. The molecule has 1 saturated heterocycles. The van der Waals surface area contributed by atoms with Crippen LogP contribution in [0.5, 0.6) is 0 Å². The van der Waals surface area contributed by atoms with Gasteiger partial charge in [-0.2, -0.15) is 4.98 Å². The largest absolute Gasteiger partial charge is 0.338 e. The average Bonchev–Trinajstić information content (AvgIpc) is 3.21. The third-order valence-electron chi connectivity index (χ3n) is 4.48. The van der Waals surface area contributed by atoms with Gasteiger partial charge in [0.15, 0.2) is 5.82 Å². The van der Waals surface area contributed by atoms with Crippen LogP contribution in [0.1, 0.15) is 57.2 Å². The van der Waals surface area contributed by atoms with Gasteiger partial charge in [-0.05, 0) is 63.7 Å². The number of hydrogen-bond acceptors (Lipinski definition) is 5. The van der Waals surface area contributed by atoms with E-state index in [0.29, 0.717) is 5.92 Å². The normalized spacial score (nSPS) is 21.3. The van der Waals surface area contributed by atoms with Gasteiger partial charge in [-0.1, -0.05) is 19.0 Å². The molecule has 1 aliphatic heterocycles. The number of aromatic nitrogens is 2. The van der Waals surface area contributed by atoms with Crippen molar-refractivity contribution in [3.63, 3.8) is 0 Å². The highest BCUT2D eigenvalue weighted by Gasteiger charge is 2.29. The first-order valence-electron chi connectivity index (χ1n) is 8.46. The fraction of sp³-hybridized carbons (Fsp3) is 0.875. The molecule has 1 aromatic heterocycles. The van der Waals surface area contributed by atoms with Crippen LogP contribution in [0, 0.1) is 11.8 Å². The van der Waals surface area contributed by atoms with E-state index in [0.717, 1.165) is 49.7 Å². The fourth-order valence-electron chi connectivity index (χ4n) is 2.96. The van der Waals surface area contributed by atoms with Crippen LogP contribution in [-0.4, -0.2) is 41.2 Å². The van der Waals surface area contributed by atoms with Gasteiger partial charge in [0, 0.05) is 5.92 Å². The topological polar surface area (TPSA) is 54.2 Å². The van der Waals surface area contributed by atoms with Crippen molar-refractivity contribution in [2.24, 2.45) is 11.8 Å². The highest BCUT2D eigenvalue weighted by molar-refractivity contribution is 5.03. The van der Waals surface area contributed by atoms with Crippen molar-refractivity contribution in [1.29, 1.82) is 0 Å². The number of rotatable bonds is 7. The lowest BCUT2D eigenvalue weighted by Crippen LogP contribution is -2.37. The van der Waals surface area contributed by atoms with Crippen LogP contribution in [0.2, 0.25) is 0 Å². The fourth-order valence-corrected chi connectivity index (χ4v) is 2.96. The third-order valence-corrected chi connectivity index (χ3v) is 4.48. The van der Waals surface area contributed by atoms with Gasteiger partial charge < -0.3 is 9.84 Å². The summed E-state index contributed by atoms with van der Waals surface area (Å²) in [6, 6.07) is 0. The Morgan fingerprint density at radius 1 is 1.24 bits per heavy atom. The molecule has 1 N–H and O–H groups in total. The Morgan fingerprint density at radius 3 is 2.67 bits per heavy atom. The van der Waals surface area contributed by atoms with Crippen molar-refractivity contribution in [3.05, 3.63) is 11.7 Å². The molecule has 3 rings (SSSR count). The zero-order valence-corrected chi connectivity index (χ0v) is 13.3. The van der Waals surface area contributed by atoms with Gasteiger partial charge in [-0.3, -0.25) is 4.90 Å². The maximum Gasteiger partial charge on any atom is 0.240 e. The Bertz CT molecular complexity index is 433. The summed E-state index contributed by atoms with van der Waals surface area (Å²) < 4.78 is 5.37. The van der Waals surface area contributed by atoms with Crippen LogP contribution in [0.4, 0.5) is 0 Å². The van der Waals surface area contributed by atoms with Crippen molar-refractivity contribution in [2.75, 3.05) is 26.2 Å². The van der Waals surface area contributed by atoms with Gasteiger partial charge in [0.05, 0.1) is 6.54 Å². The molecule has 1 aromatic rings. The standard InChI is InChI=1S/C16H28N4O/c1-12(2)9-17-10-13-5-7-20(8-6-13)11-15-18-16(19-21-15)14-3-4-14/h12-14,17H,3-11H2,1-2H3. The smallest absolute Gasteiger partial charge is 0.240 e. The molecule has 118 valence electrons. The van der Waals surface area contributed by atoms with E-state index >= 15 is 0 Å². The summed E-state index contributed by atoms with van der Waals surface area (Å²) in [4.78, 5) is 6.97. The Labute approximate surface area is 127 Å². The molecule has 0 radical (unpaired) electrons. The molecule has 5 nitrogen and oxygen atoms in total. The first-order valence-corrected chi connectivity index (χ1v) is 8.46. The third kappa shape index (κ3) is 4.51. The molecule has 0 amide bonds. The second kappa shape index (κ2) is 6.88. The van der Waals surface area contributed by atoms with E-state index in [9.17, 15) is 0 Å². The lowest BCUT2D eigenvalue weighted by molar-refractivity contribution is 0.157. The molecule has 0 aromatic carbocycles. The van der Waals surface area contributed by atoms with Gasteiger partial charge >= 0.3 is 0 Å². The van der Waals surface area contributed by atoms with Crippen LogP contribution in [0.25, 0.3) is 0 Å². The number of likely N-dealkylation sites (tertiary alicyclic amines) is 1. The Morgan fingerprint density at radius 2 is 2.00 bits per heavy atom. The van der Waals surface area contributed by atoms with Crippen molar-refractivity contribution in [2.45, 2.75) is 52.0 Å². The van der Waals surface area contributed by atoms with E-state index in [1.165, 1.54) is 32.2 Å². The number of nitrogens with zero attached hydrogens (tertiary/aromatic N) is 3. The minimum Gasteiger partial charge on any atom is -0.338 e. The molecule has 2 fully saturated rings. The quantitative estimate of drug-likeness (QED) is 0.836. The molecule has 2 aliphatic rings. The van der Waals surface area contributed by atoms with Gasteiger partial charge in [-0.25, -0.2) is 0 Å². The number of nitrogens with one attached hydrogen (secondary N) is 1. The summed E-state index contributed by atoms with van der Waals surface area (Å²) in [5, 5.41) is 7.68. The number of hydrogen-bond donors (Lipinski definition) is 1. The summed E-state index contributed by atoms with van der Waals surface area (Å²) in [5.41, 5.74) is 0. The van der Waals surface area contributed by atoms with Crippen LogP contribution in [-0.2, 0) is 6.54 Å². The summed E-state index contributed by atoms with van der Waals surface area (Å²) in [5.74, 6) is 3.87. The van der Waals surface area contributed by atoms with Crippen molar-refractivity contribution in [3.8, 4) is 0 Å². The molecular formula is C16H28N4O. The lowest BCUT2D eigenvalue weighted by atomic mass is 9.96. The van der Waals surface area contributed by atoms with Crippen LogP contribution in [0.3, 0.4) is 0 Å². The summed E-state index contributed by atoms with van der Waals surface area (Å²) >= 11 is 0. The predicted molar refractivity (Wildman–Crippen MR) is 82.0 cm³/mol. The van der Waals surface area contributed by atoms with Gasteiger partial charge in [0.2, 0.25) is 5.89 Å². The minimum atomic E-state index is 0.584. The molecule has 2 heterocycles. The summed E-state index contributed by atoms with van der Waals surface area (Å²) in [6.45, 7) is 9.94. The van der Waals surface area contributed by atoms with E-state index < -0.39 is 0 Å². The van der Waals surface area contributed by atoms with Crippen molar-refractivity contribution < 1.29 is 4.52 Å². The highest BCUT2D eigenvalue weighted by atomic mass is 16.5. The van der Waals surface area contributed by atoms with E-state index in [4.69, 9.17) is 4.52 Å². The van der Waals surface area contributed by atoms with E-state index in [1.54, 1.807) is 0 Å². The zero-order chi connectivity index (χ0) is 14.7. The lowest BCUT2D eigenvalue weighted by Gasteiger charge is -2.31. The van der Waals surface area contributed by atoms with Crippen LogP contribution < -0.4 is 5.32 Å². The predicted octanol–water partition coefficient (Wildman–Crippen LogP) is 2.40. The number of piperidine rings is 1. The Kier molecular flexibility index (Phi) is 4.91. The van der Waals surface area contributed by atoms with Gasteiger partial charge in [-0.15, -0.1) is 0 Å². The molecular weight excluding hydrogens is 264 g/mol. The van der Waals surface area contributed by atoms with Crippen LogP contribution in [0.15, 0.2) is 4.52 Å². The second-order valence-corrected chi connectivity index (χ2v) is 7.09. The first-order chi connectivity index (χ1) is 10.2. The molecule has 1 saturated carbocycles. The molecule has 1 aliphatic carbocycles. The highest BCUT2D eigenvalue weighted by Crippen LogP contribution is 2.38. The zero-order valence-electron chi connectivity index (χ0n) is 13.3. The molecule has 0 unspecified atom stereocenters. The molecule has 5 heteroatoms. The van der Waals surface area contributed by atoms with E-state index in [1.807, 2.05) is 0 Å². The first kappa shape index (κ1) is 15.0. The molecule has 0 atom stereocenters. The Hall–Kier alpha value is -0.940. The van der Waals surface area contributed by atoms with Crippen molar-refractivity contribution >= 4 is 0 Å². The van der Waals surface area contributed by atoms with E-state index in [2.05, 4.69) is 34.2 Å². The molecule has 21 heavy (non-hydrogen) atoms. The van der Waals surface area contributed by atoms with Crippen molar-refractivity contribution in [1.82, 2.24) is 20.4 Å². The SMILES string of the molecule is CC(C)CNCC1CCN(Cc2nc(C3CC3)no2)CC1. The molecule has 0 bridgehead atoms. The van der Waals surface area contributed by atoms with Gasteiger partial charge in [0.25, 0.3) is 0 Å². The van der Waals surface area contributed by atoms with Crippen LogP contribution >= 0.6 is 0 Å². The maximum atomic E-state index is 5.37. The maximum absolute atomic E-state index is 5.37. The minimum absolute atomic E-state index is 0.584. The van der Waals surface area contributed by atoms with E-state index in [-0.39, 0.29) is 0 Å². The average molecular weight is 292 g/mol. The second-order valence-electron chi connectivity index (χ2n) is 7.09. The van der Waals surface area contributed by atoms with Gasteiger partial charge in [0.1, 0.15) is 0 Å². The monoisotopic (exact) mass is 292 g/mol. The summed E-state index contributed by atoms with van der Waals surface area (Å²) in [7, 11) is 0.